The second kappa shape index (κ2) is 11.7. The van der Waals surface area contributed by atoms with Crippen molar-refractivity contribution in [1.29, 1.82) is 0 Å². The molecular weight excluding hydrogens is 492 g/mol. The molecule has 3 aromatic carbocycles. The number of anilines is 1. The lowest BCUT2D eigenvalue weighted by molar-refractivity contribution is -0.118. The number of amides is 3. The van der Waals surface area contributed by atoms with E-state index in [1.807, 2.05) is 66.2 Å². The second-order valence-corrected chi connectivity index (χ2v) is 10.1. The molecule has 1 aliphatic heterocycles. The van der Waals surface area contributed by atoms with Gasteiger partial charge in [-0.3, -0.25) is 4.79 Å². The van der Waals surface area contributed by atoms with Gasteiger partial charge in [0.25, 0.3) is 10.0 Å². The van der Waals surface area contributed by atoms with Gasteiger partial charge in [-0.2, -0.15) is 5.10 Å². The highest BCUT2D eigenvalue weighted by Crippen LogP contribution is 2.26. The SMILES string of the molecule is CCCCNC(=O)NS(=O)(=O)c1ccc(N2N=C(c3ccc(Oc4ccccc4)cc3)CCC2=O)cc1. The Bertz CT molecular complexity index is 1370. The summed E-state index contributed by atoms with van der Waals surface area (Å²) in [5.74, 6) is 1.22. The largest absolute Gasteiger partial charge is 0.457 e. The molecule has 4 rings (SSSR count). The number of hydrazone groups is 1. The first kappa shape index (κ1) is 25.9. The highest BCUT2D eigenvalue weighted by Gasteiger charge is 2.24. The van der Waals surface area contributed by atoms with Crippen molar-refractivity contribution < 1.29 is 22.7 Å². The van der Waals surface area contributed by atoms with Crippen molar-refractivity contribution in [1.82, 2.24) is 10.0 Å². The summed E-state index contributed by atoms with van der Waals surface area (Å²) in [6.45, 7) is 2.35. The smallest absolute Gasteiger partial charge is 0.328 e. The molecule has 0 aromatic heterocycles. The molecule has 0 bridgehead atoms. The van der Waals surface area contributed by atoms with Crippen LogP contribution in [-0.4, -0.2) is 32.6 Å². The molecule has 0 aliphatic carbocycles. The molecule has 3 amide bonds. The molecule has 0 unspecified atom stereocenters. The first-order valence-electron chi connectivity index (χ1n) is 12.0. The molecular formula is C27H28N4O5S. The average molecular weight is 521 g/mol. The summed E-state index contributed by atoms with van der Waals surface area (Å²) in [4.78, 5) is 24.4. The van der Waals surface area contributed by atoms with Crippen LogP contribution >= 0.6 is 0 Å². The summed E-state index contributed by atoms with van der Waals surface area (Å²) in [6, 6.07) is 21.8. The molecule has 1 heterocycles. The minimum atomic E-state index is -4.05. The number of urea groups is 1. The lowest BCUT2D eigenvalue weighted by Gasteiger charge is -2.24. The van der Waals surface area contributed by atoms with Crippen LogP contribution in [-0.2, 0) is 14.8 Å². The highest BCUT2D eigenvalue weighted by atomic mass is 32.2. The van der Waals surface area contributed by atoms with Crippen molar-refractivity contribution in [3.63, 3.8) is 0 Å². The fourth-order valence-corrected chi connectivity index (χ4v) is 4.59. The van der Waals surface area contributed by atoms with Gasteiger partial charge in [0.2, 0.25) is 5.91 Å². The summed E-state index contributed by atoms with van der Waals surface area (Å²) in [5, 5.41) is 8.31. The zero-order valence-electron chi connectivity index (χ0n) is 20.4. The Labute approximate surface area is 216 Å². The van der Waals surface area contributed by atoms with Crippen LogP contribution in [0, 0.1) is 0 Å². The van der Waals surface area contributed by atoms with Crippen LogP contribution in [0.2, 0.25) is 0 Å². The fraction of sp³-hybridized carbons (Fsp3) is 0.222. The maximum Gasteiger partial charge on any atom is 0.328 e. The van der Waals surface area contributed by atoms with Gasteiger partial charge < -0.3 is 10.1 Å². The minimum absolute atomic E-state index is 0.0930. The molecule has 37 heavy (non-hydrogen) atoms. The van der Waals surface area contributed by atoms with Crippen molar-refractivity contribution in [2.75, 3.05) is 11.6 Å². The lowest BCUT2D eigenvalue weighted by Crippen LogP contribution is -2.39. The van der Waals surface area contributed by atoms with E-state index < -0.39 is 16.1 Å². The summed E-state index contributed by atoms with van der Waals surface area (Å²) < 4.78 is 32.9. The van der Waals surface area contributed by atoms with Gasteiger partial charge >= 0.3 is 6.03 Å². The minimum Gasteiger partial charge on any atom is -0.457 e. The number of sulfonamides is 1. The van der Waals surface area contributed by atoms with E-state index in [0.29, 0.717) is 24.4 Å². The summed E-state index contributed by atoms with van der Waals surface area (Å²) in [6.07, 6.45) is 2.38. The Morgan fingerprint density at radius 2 is 1.62 bits per heavy atom. The zero-order valence-corrected chi connectivity index (χ0v) is 21.2. The van der Waals surface area contributed by atoms with E-state index in [2.05, 4.69) is 10.4 Å². The summed E-state index contributed by atoms with van der Waals surface area (Å²) in [7, 11) is -4.05. The molecule has 0 radical (unpaired) electrons. The average Bonchev–Trinajstić information content (AvgIpc) is 2.90. The number of unbranched alkanes of at least 4 members (excludes halogenated alkanes) is 1. The molecule has 0 spiro atoms. The number of hydrogen-bond acceptors (Lipinski definition) is 6. The number of hydrogen-bond donors (Lipinski definition) is 2. The van der Waals surface area contributed by atoms with Crippen LogP contribution in [0.15, 0.2) is 88.9 Å². The van der Waals surface area contributed by atoms with Gasteiger partial charge in [-0.15, -0.1) is 0 Å². The maximum atomic E-state index is 12.6. The standard InChI is InChI=1S/C27H28N4O5S/c1-2-3-19-28-27(33)30-37(34,35)24-15-11-21(12-16-24)31-26(32)18-17-25(29-31)20-9-13-23(14-10-20)36-22-7-5-4-6-8-22/h4-16H,2-3,17-19H2,1H3,(H2,28,30,33). The quantitative estimate of drug-likeness (QED) is 0.393. The molecule has 192 valence electrons. The molecule has 0 fully saturated rings. The van der Waals surface area contributed by atoms with Crippen LogP contribution in [0.4, 0.5) is 10.5 Å². The van der Waals surface area contributed by atoms with Gasteiger partial charge in [0.1, 0.15) is 11.5 Å². The van der Waals surface area contributed by atoms with Crippen molar-refractivity contribution >= 4 is 33.4 Å². The van der Waals surface area contributed by atoms with E-state index in [1.165, 1.54) is 29.3 Å². The van der Waals surface area contributed by atoms with E-state index in [9.17, 15) is 18.0 Å². The topological polar surface area (TPSA) is 117 Å². The number of benzene rings is 3. The molecule has 1 aliphatic rings. The molecule has 0 saturated carbocycles. The zero-order chi connectivity index (χ0) is 26.3. The Kier molecular flexibility index (Phi) is 8.19. The van der Waals surface area contributed by atoms with Crippen LogP contribution in [0.1, 0.15) is 38.2 Å². The van der Waals surface area contributed by atoms with Crippen LogP contribution in [0.25, 0.3) is 0 Å². The van der Waals surface area contributed by atoms with Crippen molar-refractivity contribution in [3.05, 3.63) is 84.4 Å². The molecule has 2 N–H and O–H groups in total. The van der Waals surface area contributed by atoms with Gasteiger partial charge in [0, 0.05) is 19.4 Å². The van der Waals surface area contributed by atoms with E-state index >= 15 is 0 Å². The Morgan fingerprint density at radius 1 is 0.946 bits per heavy atom. The molecule has 0 atom stereocenters. The van der Waals surface area contributed by atoms with Gasteiger partial charge in [0.05, 0.1) is 16.3 Å². The summed E-state index contributed by atoms with van der Waals surface area (Å²) >= 11 is 0. The number of carbonyl (C=O) groups excluding carboxylic acids is 2. The van der Waals surface area contributed by atoms with E-state index in [-0.39, 0.29) is 17.2 Å². The molecule has 0 saturated heterocycles. The lowest BCUT2D eigenvalue weighted by atomic mass is 10.0. The Morgan fingerprint density at radius 3 is 2.30 bits per heavy atom. The monoisotopic (exact) mass is 520 g/mol. The number of nitrogens with zero attached hydrogens (tertiary/aromatic N) is 2. The Hall–Kier alpha value is -4.18. The van der Waals surface area contributed by atoms with E-state index in [1.54, 1.807) is 0 Å². The normalized spacial score (nSPS) is 13.6. The van der Waals surface area contributed by atoms with Crippen molar-refractivity contribution in [2.45, 2.75) is 37.5 Å². The predicted molar refractivity (Wildman–Crippen MR) is 141 cm³/mol. The third-order valence-corrected chi connectivity index (χ3v) is 6.98. The molecule has 3 aromatic rings. The first-order valence-corrected chi connectivity index (χ1v) is 13.5. The van der Waals surface area contributed by atoms with Crippen molar-refractivity contribution in [2.24, 2.45) is 5.10 Å². The van der Waals surface area contributed by atoms with Crippen LogP contribution in [0.3, 0.4) is 0 Å². The number of rotatable bonds is 9. The van der Waals surface area contributed by atoms with Gasteiger partial charge in [-0.05, 0) is 72.6 Å². The third kappa shape index (κ3) is 6.73. The number of nitrogens with one attached hydrogen (secondary N) is 2. The number of ether oxygens (including phenoxy) is 1. The fourth-order valence-electron chi connectivity index (χ4n) is 3.66. The molecule has 9 nitrogen and oxygen atoms in total. The summed E-state index contributed by atoms with van der Waals surface area (Å²) in [5.41, 5.74) is 2.01. The van der Waals surface area contributed by atoms with Gasteiger partial charge in [-0.25, -0.2) is 22.9 Å². The van der Waals surface area contributed by atoms with Crippen LogP contribution < -0.4 is 19.8 Å². The van der Waals surface area contributed by atoms with Gasteiger partial charge in [-0.1, -0.05) is 31.5 Å². The van der Waals surface area contributed by atoms with E-state index in [0.717, 1.165) is 29.9 Å². The number of carbonyl (C=O) groups is 2. The third-order valence-electron chi connectivity index (χ3n) is 5.63. The van der Waals surface area contributed by atoms with Crippen LogP contribution in [0.5, 0.6) is 11.5 Å². The second-order valence-electron chi connectivity index (χ2n) is 8.40. The predicted octanol–water partition coefficient (Wildman–Crippen LogP) is 4.80. The first-order chi connectivity index (χ1) is 17.9. The number of para-hydroxylation sites is 1. The molecule has 10 heteroatoms. The van der Waals surface area contributed by atoms with E-state index in [4.69, 9.17) is 4.74 Å². The Balaban J connectivity index is 1.46. The highest BCUT2D eigenvalue weighted by molar-refractivity contribution is 7.90. The maximum absolute atomic E-state index is 12.6. The van der Waals surface area contributed by atoms with Gasteiger partial charge in [0.15, 0.2) is 0 Å². The van der Waals surface area contributed by atoms with Crippen molar-refractivity contribution in [3.8, 4) is 11.5 Å².